The number of nitrogens with zero attached hydrogens (tertiary/aromatic N) is 1. The number of halogens is 1. The fraction of sp³-hybridized carbons (Fsp3) is 0.667. The van der Waals surface area contributed by atoms with E-state index in [4.69, 9.17) is 5.73 Å². The van der Waals surface area contributed by atoms with Crippen molar-refractivity contribution in [2.45, 2.75) is 25.3 Å². The fourth-order valence-corrected chi connectivity index (χ4v) is 1.58. The van der Waals surface area contributed by atoms with Gasteiger partial charge in [-0.2, -0.15) is 0 Å². The smallest absolute Gasteiger partial charge is 0.370 e. The number of imide groups is 1. The Morgan fingerprint density at radius 2 is 2.14 bits per heavy atom. The first kappa shape index (κ1) is 11.5. The van der Waals surface area contributed by atoms with Crippen molar-refractivity contribution in [2.75, 3.05) is 0 Å². The molecule has 0 bridgehead atoms. The Hall–Kier alpha value is -0.540. The van der Waals surface area contributed by atoms with Gasteiger partial charge in [0.25, 0.3) is 11.8 Å². The standard InChI is InChI=1S/C6H9BrN2O5/c1-6(8)3-2-4(10)9(5(6)11)14-7(12)13/h2-3,8H2,1H3. The number of hydroxylamine groups is 2. The van der Waals surface area contributed by atoms with E-state index < -0.39 is 32.2 Å². The molecule has 2 N–H and O–H groups in total. The number of piperidine rings is 1. The molecule has 7 nitrogen and oxygen atoms in total. The van der Waals surface area contributed by atoms with Crippen molar-refractivity contribution in [1.29, 1.82) is 0 Å². The molecule has 2 amide bonds. The van der Waals surface area contributed by atoms with Crippen molar-refractivity contribution in [1.82, 2.24) is 5.06 Å². The maximum atomic E-state index is 11.4. The zero-order valence-electron chi connectivity index (χ0n) is 7.36. The first-order valence-electron chi connectivity index (χ1n) is 3.75. The molecule has 1 aliphatic rings. The number of carbonyl (C=O) groups is 2. The van der Waals surface area contributed by atoms with E-state index in [9.17, 15) is 18.0 Å². The summed E-state index contributed by atoms with van der Waals surface area (Å²) in [5, 5.41) is 0.221. The van der Waals surface area contributed by atoms with Gasteiger partial charge in [0.15, 0.2) is 0 Å². The lowest BCUT2D eigenvalue weighted by Gasteiger charge is -2.30. The van der Waals surface area contributed by atoms with E-state index in [-0.39, 0.29) is 17.9 Å². The minimum Gasteiger partial charge on any atom is -0.370 e. The third-order valence-electron chi connectivity index (χ3n) is 1.88. The van der Waals surface area contributed by atoms with E-state index >= 15 is 0 Å². The van der Waals surface area contributed by atoms with Crippen LogP contribution in [0.4, 0.5) is 0 Å². The summed E-state index contributed by atoms with van der Waals surface area (Å²) in [4.78, 5) is 22.5. The van der Waals surface area contributed by atoms with Crippen molar-refractivity contribution in [3.63, 3.8) is 0 Å². The summed E-state index contributed by atoms with van der Waals surface area (Å²) >= 11 is -3.64. The van der Waals surface area contributed by atoms with Gasteiger partial charge < -0.3 is 14.1 Å². The second-order valence-corrected chi connectivity index (χ2v) is 4.25. The number of amides is 2. The molecule has 1 atom stereocenters. The van der Waals surface area contributed by atoms with Gasteiger partial charge in [0.1, 0.15) is 3.93 Å². The summed E-state index contributed by atoms with van der Waals surface area (Å²) in [6.45, 7) is 1.42. The molecule has 0 aliphatic carbocycles. The molecule has 0 aromatic heterocycles. The van der Waals surface area contributed by atoms with Gasteiger partial charge >= 0.3 is 14.8 Å². The van der Waals surface area contributed by atoms with Crippen LogP contribution in [0.15, 0.2) is 0 Å². The minimum absolute atomic E-state index is 0.00569. The maximum absolute atomic E-state index is 11.4. The van der Waals surface area contributed by atoms with Crippen LogP contribution in [0.5, 0.6) is 0 Å². The monoisotopic (exact) mass is 268 g/mol. The summed E-state index contributed by atoms with van der Waals surface area (Å²) in [5.41, 5.74) is 4.29. The molecule has 1 unspecified atom stereocenters. The highest BCUT2D eigenvalue weighted by Gasteiger charge is 2.46. The SMILES string of the molecule is CC1(N)CCC(=O)N(O[Br+2]([O-])[O-])C1=O. The summed E-state index contributed by atoms with van der Waals surface area (Å²) in [7, 11) is 0. The molecule has 1 saturated heterocycles. The molecule has 80 valence electrons. The predicted octanol–water partition coefficient (Wildman–Crippen LogP) is -3.13. The van der Waals surface area contributed by atoms with Gasteiger partial charge in [0.2, 0.25) is 0 Å². The maximum Gasteiger partial charge on any atom is 0.473 e. The van der Waals surface area contributed by atoms with Gasteiger partial charge in [0, 0.05) is 6.42 Å². The van der Waals surface area contributed by atoms with Crippen LogP contribution in [-0.4, -0.2) is 22.4 Å². The second-order valence-electron chi connectivity index (χ2n) is 3.17. The van der Waals surface area contributed by atoms with Gasteiger partial charge in [-0.25, -0.2) is 0 Å². The second kappa shape index (κ2) is 3.91. The molecule has 0 spiro atoms. The molecule has 1 fully saturated rings. The number of nitrogens with two attached hydrogens (primary N) is 1. The highest BCUT2D eigenvalue weighted by atomic mass is 80.0. The molecule has 8 heteroatoms. The summed E-state index contributed by atoms with van der Waals surface area (Å²) in [6.07, 6.45) is 0.179. The van der Waals surface area contributed by atoms with Gasteiger partial charge in [-0.15, -0.1) is 0 Å². The summed E-state index contributed by atoms with van der Waals surface area (Å²) < 4.78 is 24.6. The highest BCUT2D eigenvalue weighted by molar-refractivity contribution is 6.01. The van der Waals surface area contributed by atoms with Gasteiger partial charge in [-0.1, -0.05) is 5.06 Å². The Kier molecular flexibility index (Phi) is 3.22. The molecule has 0 radical (unpaired) electrons. The minimum atomic E-state index is -3.64. The van der Waals surface area contributed by atoms with Crippen LogP contribution >= 0.6 is 0 Å². The average molecular weight is 269 g/mol. The third kappa shape index (κ3) is 2.28. The predicted molar refractivity (Wildman–Crippen MR) is 34.8 cm³/mol. The zero-order valence-corrected chi connectivity index (χ0v) is 8.94. The van der Waals surface area contributed by atoms with Crippen molar-refractivity contribution in [3.8, 4) is 0 Å². The lowest BCUT2D eigenvalue weighted by molar-refractivity contribution is -1.64. The molecular weight excluding hydrogens is 260 g/mol. The van der Waals surface area contributed by atoms with Crippen LogP contribution in [0, 0.1) is 14.8 Å². The Balaban J connectivity index is 2.79. The molecule has 14 heavy (non-hydrogen) atoms. The average Bonchev–Trinajstić information content (AvgIpc) is 2.06. The molecule has 1 aliphatic heterocycles. The normalized spacial score (nSPS) is 28.8. The number of hydrogen-bond acceptors (Lipinski definition) is 6. The molecule has 0 saturated carbocycles. The van der Waals surface area contributed by atoms with Crippen LogP contribution in [0.2, 0.25) is 0 Å². The largest absolute Gasteiger partial charge is 0.473 e. The van der Waals surface area contributed by atoms with Crippen molar-refractivity contribution in [2.24, 2.45) is 5.73 Å². The van der Waals surface area contributed by atoms with E-state index in [2.05, 4.69) is 3.93 Å². The number of carbonyl (C=O) groups excluding carboxylic acids is 2. The number of rotatable bonds is 2. The quantitative estimate of drug-likeness (QED) is 0.529. The molecule has 0 aromatic carbocycles. The van der Waals surface area contributed by atoms with Crippen molar-refractivity contribution < 1.29 is 36.7 Å². The Labute approximate surface area is 85.2 Å². The Bertz CT molecular complexity index is 267. The van der Waals surface area contributed by atoms with Crippen LogP contribution in [0.1, 0.15) is 19.8 Å². The van der Waals surface area contributed by atoms with E-state index in [1.807, 2.05) is 0 Å². The first-order chi connectivity index (χ1) is 6.34. The zero-order chi connectivity index (χ0) is 10.9. The Morgan fingerprint density at radius 3 is 2.64 bits per heavy atom. The Morgan fingerprint density at radius 1 is 1.57 bits per heavy atom. The highest BCUT2D eigenvalue weighted by Crippen LogP contribution is 2.21. The van der Waals surface area contributed by atoms with Gasteiger partial charge in [-0.05, 0) is 13.3 Å². The van der Waals surface area contributed by atoms with Gasteiger partial charge in [0.05, 0.1) is 5.54 Å². The lowest BCUT2D eigenvalue weighted by atomic mass is 9.92. The third-order valence-corrected chi connectivity index (χ3v) is 2.41. The van der Waals surface area contributed by atoms with E-state index in [1.54, 1.807) is 0 Å². The molecule has 0 aromatic rings. The lowest BCUT2D eigenvalue weighted by Crippen LogP contribution is -2.60. The topological polar surface area (TPSA) is 119 Å². The van der Waals surface area contributed by atoms with Crippen LogP contribution < -0.4 is 14.1 Å². The molecule has 1 rings (SSSR count). The summed E-state index contributed by atoms with van der Waals surface area (Å²) in [5.74, 6) is -1.52. The van der Waals surface area contributed by atoms with E-state index in [0.717, 1.165) is 0 Å². The molecule has 1 heterocycles. The summed E-state index contributed by atoms with van der Waals surface area (Å²) in [6, 6.07) is 0. The van der Waals surface area contributed by atoms with Gasteiger partial charge in [-0.3, -0.25) is 9.59 Å². The van der Waals surface area contributed by atoms with E-state index in [1.165, 1.54) is 6.92 Å². The fourth-order valence-electron chi connectivity index (χ4n) is 1.05. The van der Waals surface area contributed by atoms with Crippen molar-refractivity contribution >= 4 is 11.8 Å². The van der Waals surface area contributed by atoms with Crippen LogP contribution in [0.3, 0.4) is 0 Å². The first-order valence-corrected chi connectivity index (χ1v) is 5.69. The van der Waals surface area contributed by atoms with E-state index in [0.29, 0.717) is 0 Å². The molecular formula is C6H9BrN2O5. The van der Waals surface area contributed by atoms with Crippen molar-refractivity contribution in [3.05, 3.63) is 0 Å². The van der Waals surface area contributed by atoms with Crippen LogP contribution in [0.25, 0.3) is 0 Å². The number of hydrogen-bond donors (Lipinski definition) is 1. The van der Waals surface area contributed by atoms with Crippen LogP contribution in [-0.2, 0) is 13.5 Å².